The van der Waals surface area contributed by atoms with E-state index in [0.29, 0.717) is 37.9 Å². The molecule has 2 fully saturated rings. The molecular formula is C15H22N4O3. The standard InChI is InChI=1S/C15H22N4O3/c1-18-5-2-3-12(18)14(20)17-7-13-11-8-19(15(16)21)6-4-10(11)9-22-13/h2-3,5,10-11,13H,4,6-9H2,1H3,(H2,16,21)(H,17,20)/t10-,11-,13+/m1/s1. The minimum atomic E-state index is -0.378. The second kappa shape index (κ2) is 6.00. The van der Waals surface area contributed by atoms with Crippen molar-refractivity contribution in [2.24, 2.45) is 24.6 Å². The van der Waals surface area contributed by atoms with Gasteiger partial charge in [0.15, 0.2) is 0 Å². The molecule has 2 aliphatic heterocycles. The van der Waals surface area contributed by atoms with Crippen molar-refractivity contribution in [3.05, 3.63) is 24.0 Å². The number of likely N-dealkylation sites (tertiary alicyclic amines) is 1. The summed E-state index contributed by atoms with van der Waals surface area (Å²) in [5.74, 6) is 0.588. The van der Waals surface area contributed by atoms with Crippen molar-refractivity contribution in [1.29, 1.82) is 0 Å². The number of hydrogen-bond donors (Lipinski definition) is 2. The summed E-state index contributed by atoms with van der Waals surface area (Å²) in [6.45, 7) is 2.47. The number of fused-ring (bicyclic) bond motifs is 1. The number of urea groups is 1. The van der Waals surface area contributed by atoms with E-state index in [1.807, 2.05) is 19.3 Å². The van der Waals surface area contributed by atoms with Crippen LogP contribution in [-0.4, -0.2) is 53.8 Å². The fraction of sp³-hybridized carbons (Fsp3) is 0.600. The monoisotopic (exact) mass is 306 g/mol. The minimum absolute atomic E-state index is 0.0589. The van der Waals surface area contributed by atoms with E-state index in [1.54, 1.807) is 15.5 Å². The maximum absolute atomic E-state index is 12.1. The van der Waals surface area contributed by atoms with Crippen molar-refractivity contribution >= 4 is 11.9 Å². The number of nitrogens with zero attached hydrogens (tertiary/aromatic N) is 2. The topological polar surface area (TPSA) is 89.6 Å². The molecule has 3 rings (SSSR count). The lowest BCUT2D eigenvalue weighted by molar-refractivity contribution is 0.0722. The number of carbonyl (C=O) groups excluding carboxylic acids is 2. The molecule has 0 bridgehead atoms. The van der Waals surface area contributed by atoms with Gasteiger partial charge in [0.05, 0.1) is 12.7 Å². The summed E-state index contributed by atoms with van der Waals surface area (Å²) in [5.41, 5.74) is 5.99. The van der Waals surface area contributed by atoms with Gasteiger partial charge in [-0.1, -0.05) is 0 Å². The number of aromatic nitrogens is 1. The molecule has 0 spiro atoms. The third-order valence-electron chi connectivity index (χ3n) is 4.76. The minimum Gasteiger partial charge on any atom is -0.376 e. The number of hydrogen-bond acceptors (Lipinski definition) is 3. The molecule has 2 aliphatic rings. The summed E-state index contributed by atoms with van der Waals surface area (Å²) in [7, 11) is 1.84. The Morgan fingerprint density at radius 2 is 2.32 bits per heavy atom. The Morgan fingerprint density at radius 1 is 1.50 bits per heavy atom. The summed E-state index contributed by atoms with van der Waals surface area (Å²) in [6.07, 6.45) is 2.69. The Labute approximate surface area is 129 Å². The number of carbonyl (C=O) groups is 2. The quantitative estimate of drug-likeness (QED) is 0.834. The second-order valence-electron chi connectivity index (χ2n) is 6.08. The first kappa shape index (κ1) is 14.9. The van der Waals surface area contributed by atoms with Gasteiger partial charge in [-0.3, -0.25) is 4.79 Å². The van der Waals surface area contributed by atoms with Crippen LogP contribution in [0.3, 0.4) is 0 Å². The highest BCUT2D eigenvalue weighted by molar-refractivity contribution is 5.92. The Hall–Kier alpha value is -2.02. The number of nitrogens with one attached hydrogen (secondary N) is 1. The maximum Gasteiger partial charge on any atom is 0.314 e. The van der Waals surface area contributed by atoms with Gasteiger partial charge in [-0.25, -0.2) is 4.79 Å². The van der Waals surface area contributed by atoms with Crippen LogP contribution >= 0.6 is 0 Å². The number of nitrogens with two attached hydrogens (primary N) is 1. The number of ether oxygens (including phenoxy) is 1. The van der Waals surface area contributed by atoms with Crippen molar-refractivity contribution in [3.63, 3.8) is 0 Å². The SMILES string of the molecule is Cn1cccc1C(=O)NC[C@@H]1OC[C@H]2CCN(C(N)=O)C[C@H]21. The van der Waals surface area contributed by atoms with E-state index < -0.39 is 0 Å². The molecule has 0 radical (unpaired) electrons. The lowest BCUT2D eigenvalue weighted by Gasteiger charge is -2.35. The first-order valence-corrected chi connectivity index (χ1v) is 7.61. The van der Waals surface area contributed by atoms with Crippen LogP contribution in [0.4, 0.5) is 4.79 Å². The van der Waals surface area contributed by atoms with Crippen LogP contribution in [0.2, 0.25) is 0 Å². The van der Waals surface area contributed by atoms with E-state index in [-0.39, 0.29) is 24.0 Å². The molecule has 0 unspecified atom stereocenters. The van der Waals surface area contributed by atoms with Gasteiger partial charge >= 0.3 is 6.03 Å². The van der Waals surface area contributed by atoms with Crippen LogP contribution in [-0.2, 0) is 11.8 Å². The van der Waals surface area contributed by atoms with Gasteiger partial charge in [-0.15, -0.1) is 0 Å². The molecule has 3 N–H and O–H groups in total. The number of primary amides is 1. The van der Waals surface area contributed by atoms with Gasteiger partial charge in [0.25, 0.3) is 5.91 Å². The molecule has 22 heavy (non-hydrogen) atoms. The second-order valence-corrected chi connectivity index (χ2v) is 6.08. The van der Waals surface area contributed by atoms with Gasteiger partial charge < -0.3 is 25.3 Å². The van der Waals surface area contributed by atoms with Crippen molar-refractivity contribution in [2.75, 3.05) is 26.2 Å². The van der Waals surface area contributed by atoms with Gasteiger partial charge in [0, 0.05) is 38.8 Å². The van der Waals surface area contributed by atoms with Gasteiger partial charge in [-0.05, 0) is 24.5 Å². The molecule has 3 atom stereocenters. The zero-order valence-electron chi connectivity index (χ0n) is 12.7. The van der Waals surface area contributed by atoms with Gasteiger partial charge in [0.2, 0.25) is 0 Å². The zero-order valence-corrected chi connectivity index (χ0v) is 12.7. The molecule has 2 saturated heterocycles. The highest BCUT2D eigenvalue weighted by Crippen LogP contribution is 2.33. The molecule has 1 aromatic rings. The summed E-state index contributed by atoms with van der Waals surface area (Å²) >= 11 is 0. The first-order chi connectivity index (χ1) is 10.6. The molecule has 0 aromatic carbocycles. The van der Waals surface area contributed by atoms with E-state index in [9.17, 15) is 9.59 Å². The van der Waals surface area contributed by atoms with Crippen LogP contribution in [0.25, 0.3) is 0 Å². The Morgan fingerprint density at radius 3 is 3.00 bits per heavy atom. The van der Waals surface area contributed by atoms with E-state index >= 15 is 0 Å². The van der Waals surface area contributed by atoms with Crippen LogP contribution < -0.4 is 11.1 Å². The summed E-state index contributed by atoms with van der Waals surface area (Å²) < 4.78 is 7.61. The van der Waals surface area contributed by atoms with Gasteiger partial charge in [-0.2, -0.15) is 0 Å². The van der Waals surface area contributed by atoms with Gasteiger partial charge in [0.1, 0.15) is 5.69 Å². The van der Waals surface area contributed by atoms with E-state index in [1.165, 1.54) is 0 Å². The predicted molar refractivity (Wildman–Crippen MR) is 80.2 cm³/mol. The van der Waals surface area contributed by atoms with E-state index in [0.717, 1.165) is 6.42 Å². The summed E-state index contributed by atoms with van der Waals surface area (Å²) in [6, 6.07) is 3.24. The normalized spacial score (nSPS) is 27.5. The number of rotatable bonds is 3. The summed E-state index contributed by atoms with van der Waals surface area (Å²) in [4.78, 5) is 25.2. The molecule has 3 heterocycles. The average molecular weight is 306 g/mol. The van der Waals surface area contributed by atoms with Crippen LogP contribution in [0.1, 0.15) is 16.9 Å². The van der Waals surface area contributed by atoms with E-state index in [2.05, 4.69) is 5.32 Å². The predicted octanol–water partition coefficient (Wildman–Crippen LogP) is 0.171. The smallest absolute Gasteiger partial charge is 0.314 e. The van der Waals surface area contributed by atoms with E-state index in [4.69, 9.17) is 10.5 Å². The molecule has 7 nitrogen and oxygen atoms in total. The lowest BCUT2D eigenvalue weighted by Crippen LogP contribution is -2.49. The third-order valence-corrected chi connectivity index (χ3v) is 4.76. The molecule has 120 valence electrons. The average Bonchev–Trinajstić information content (AvgIpc) is 3.10. The Bertz CT molecular complexity index is 571. The molecule has 0 aliphatic carbocycles. The highest BCUT2D eigenvalue weighted by atomic mass is 16.5. The molecule has 7 heteroatoms. The van der Waals surface area contributed by atoms with Crippen molar-refractivity contribution in [1.82, 2.24) is 14.8 Å². The highest BCUT2D eigenvalue weighted by Gasteiger charge is 2.41. The van der Waals surface area contributed by atoms with Crippen molar-refractivity contribution in [3.8, 4) is 0 Å². The van der Waals surface area contributed by atoms with Crippen LogP contribution in [0, 0.1) is 11.8 Å². The molecular weight excluding hydrogens is 284 g/mol. The van der Waals surface area contributed by atoms with Crippen molar-refractivity contribution in [2.45, 2.75) is 12.5 Å². The fourth-order valence-electron chi connectivity index (χ4n) is 3.42. The molecule has 3 amide bonds. The number of aryl methyl sites for hydroxylation is 1. The van der Waals surface area contributed by atoms with Crippen LogP contribution in [0.15, 0.2) is 18.3 Å². The Kier molecular flexibility index (Phi) is 4.06. The maximum atomic E-state index is 12.1. The van der Waals surface area contributed by atoms with Crippen molar-refractivity contribution < 1.29 is 14.3 Å². The Balaban J connectivity index is 1.58. The zero-order chi connectivity index (χ0) is 15.7. The number of amides is 3. The summed E-state index contributed by atoms with van der Waals surface area (Å²) in [5, 5.41) is 2.93. The molecule has 0 saturated carbocycles. The molecule has 1 aromatic heterocycles. The largest absolute Gasteiger partial charge is 0.376 e. The third kappa shape index (κ3) is 2.81. The lowest BCUT2D eigenvalue weighted by atomic mass is 9.84. The van der Waals surface area contributed by atoms with Crippen LogP contribution in [0.5, 0.6) is 0 Å². The fourth-order valence-corrected chi connectivity index (χ4v) is 3.42. The first-order valence-electron chi connectivity index (χ1n) is 7.61. The number of piperidine rings is 1.